The highest BCUT2D eigenvalue weighted by atomic mass is 16.5. The van der Waals surface area contributed by atoms with Crippen molar-refractivity contribution in [2.24, 2.45) is 5.73 Å². The van der Waals surface area contributed by atoms with Crippen LogP contribution in [0.3, 0.4) is 0 Å². The van der Waals surface area contributed by atoms with Gasteiger partial charge in [-0.25, -0.2) is 0 Å². The van der Waals surface area contributed by atoms with E-state index in [1.165, 1.54) is 0 Å². The second-order valence-corrected chi connectivity index (χ2v) is 3.11. The Hall–Kier alpha value is -1.26. The molecule has 0 aromatic heterocycles. The van der Waals surface area contributed by atoms with Gasteiger partial charge in [0.1, 0.15) is 17.6 Å². The van der Waals surface area contributed by atoms with Crippen molar-refractivity contribution in [1.82, 2.24) is 0 Å². The maximum absolute atomic E-state index is 5.60. The third-order valence-electron chi connectivity index (χ3n) is 1.98. The third kappa shape index (κ3) is 3.77. The van der Waals surface area contributed by atoms with Crippen LogP contribution in [-0.2, 0) is 4.74 Å². The van der Waals surface area contributed by atoms with Crippen molar-refractivity contribution in [1.29, 1.82) is 0 Å². The molecule has 0 saturated carbocycles. The quantitative estimate of drug-likeness (QED) is 0.764. The van der Waals surface area contributed by atoms with E-state index in [9.17, 15) is 0 Å². The zero-order valence-electron chi connectivity index (χ0n) is 9.10. The molecule has 15 heavy (non-hydrogen) atoms. The van der Waals surface area contributed by atoms with Gasteiger partial charge in [-0.1, -0.05) is 0 Å². The highest BCUT2D eigenvalue weighted by Gasteiger charge is 2.07. The van der Waals surface area contributed by atoms with Gasteiger partial charge in [0.2, 0.25) is 0 Å². The molecule has 4 nitrogen and oxygen atoms in total. The van der Waals surface area contributed by atoms with Gasteiger partial charge >= 0.3 is 0 Å². The molecule has 0 aliphatic carbocycles. The van der Waals surface area contributed by atoms with Crippen LogP contribution in [-0.4, -0.2) is 33.5 Å². The fraction of sp³-hybridized carbons (Fsp3) is 0.455. The molecule has 0 bridgehead atoms. The average molecular weight is 211 g/mol. The van der Waals surface area contributed by atoms with Gasteiger partial charge in [0.15, 0.2) is 0 Å². The van der Waals surface area contributed by atoms with E-state index in [1.807, 2.05) is 24.3 Å². The van der Waals surface area contributed by atoms with Crippen molar-refractivity contribution in [3.8, 4) is 11.5 Å². The predicted octanol–water partition coefficient (Wildman–Crippen LogP) is 1.05. The first-order valence-corrected chi connectivity index (χ1v) is 4.80. The summed E-state index contributed by atoms with van der Waals surface area (Å²) in [6, 6.07) is 7.37. The van der Waals surface area contributed by atoms with Crippen molar-refractivity contribution >= 4 is 0 Å². The van der Waals surface area contributed by atoms with Gasteiger partial charge in [-0.15, -0.1) is 0 Å². The first-order valence-electron chi connectivity index (χ1n) is 4.80. The largest absolute Gasteiger partial charge is 0.497 e. The van der Waals surface area contributed by atoms with E-state index in [2.05, 4.69) is 0 Å². The van der Waals surface area contributed by atoms with E-state index in [-0.39, 0.29) is 6.10 Å². The molecule has 0 aliphatic heterocycles. The van der Waals surface area contributed by atoms with Gasteiger partial charge in [-0.3, -0.25) is 0 Å². The lowest BCUT2D eigenvalue weighted by atomic mass is 10.3. The molecular weight excluding hydrogens is 194 g/mol. The molecule has 4 heteroatoms. The number of hydrogen-bond donors (Lipinski definition) is 1. The van der Waals surface area contributed by atoms with Crippen LogP contribution in [0.2, 0.25) is 0 Å². The minimum Gasteiger partial charge on any atom is -0.497 e. The molecule has 0 heterocycles. The van der Waals surface area contributed by atoms with E-state index in [0.29, 0.717) is 13.2 Å². The maximum Gasteiger partial charge on any atom is 0.134 e. The van der Waals surface area contributed by atoms with E-state index in [4.69, 9.17) is 19.9 Å². The van der Waals surface area contributed by atoms with Crippen molar-refractivity contribution in [2.45, 2.75) is 6.10 Å². The lowest BCUT2D eigenvalue weighted by molar-refractivity contribution is 0.0860. The van der Waals surface area contributed by atoms with E-state index < -0.39 is 0 Å². The first-order chi connectivity index (χ1) is 7.30. The van der Waals surface area contributed by atoms with Gasteiger partial charge in [0.05, 0.1) is 13.7 Å². The summed E-state index contributed by atoms with van der Waals surface area (Å²) in [5, 5.41) is 0. The van der Waals surface area contributed by atoms with Crippen molar-refractivity contribution in [2.75, 3.05) is 27.4 Å². The Kier molecular flexibility index (Phi) is 4.93. The summed E-state index contributed by atoms with van der Waals surface area (Å²) >= 11 is 0. The standard InChI is InChI=1S/C11H17NO3/c1-13-8-11(7-12)15-10-5-3-9(14-2)4-6-10/h3-6,11H,7-8,12H2,1-2H3. The SMILES string of the molecule is COCC(CN)Oc1ccc(OC)cc1. The fourth-order valence-corrected chi connectivity index (χ4v) is 1.18. The summed E-state index contributed by atoms with van der Waals surface area (Å²) in [5.41, 5.74) is 5.53. The van der Waals surface area contributed by atoms with Gasteiger partial charge in [0, 0.05) is 13.7 Å². The third-order valence-corrected chi connectivity index (χ3v) is 1.98. The van der Waals surface area contributed by atoms with Crippen LogP contribution >= 0.6 is 0 Å². The lowest BCUT2D eigenvalue weighted by Gasteiger charge is -2.16. The lowest BCUT2D eigenvalue weighted by Crippen LogP contribution is -2.31. The molecule has 1 aromatic carbocycles. The molecule has 0 spiro atoms. The molecule has 0 fully saturated rings. The van der Waals surface area contributed by atoms with E-state index in [1.54, 1.807) is 14.2 Å². The molecule has 1 rings (SSSR count). The Morgan fingerprint density at radius 1 is 1.13 bits per heavy atom. The Morgan fingerprint density at radius 2 is 1.73 bits per heavy atom. The average Bonchev–Trinajstić information content (AvgIpc) is 2.29. The Balaban J connectivity index is 2.55. The molecule has 0 radical (unpaired) electrons. The Morgan fingerprint density at radius 3 is 2.20 bits per heavy atom. The van der Waals surface area contributed by atoms with Gasteiger partial charge in [0.25, 0.3) is 0 Å². The van der Waals surface area contributed by atoms with Gasteiger partial charge in [-0.2, -0.15) is 0 Å². The predicted molar refractivity (Wildman–Crippen MR) is 58.3 cm³/mol. The van der Waals surface area contributed by atoms with Crippen molar-refractivity contribution in [3.63, 3.8) is 0 Å². The number of benzene rings is 1. The highest BCUT2D eigenvalue weighted by Crippen LogP contribution is 2.17. The summed E-state index contributed by atoms with van der Waals surface area (Å²) in [6.07, 6.45) is -0.108. The summed E-state index contributed by atoms with van der Waals surface area (Å²) in [5.74, 6) is 1.57. The van der Waals surface area contributed by atoms with E-state index in [0.717, 1.165) is 11.5 Å². The normalized spacial score (nSPS) is 12.2. The minimum atomic E-state index is -0.108. The molecule has 2 N–H and O–H groups in total. The second kappa shape index (κ2) is 6.27. The summed E-state index contributed by atoms with van der Waals surface area (Å²) in [7, 11) is 3.25. The molecule has 1 atom stereocenters. The molecule has 0 aliphatic rings. The van der Waals surface area contributed by atoms with Crippen LogP contribution in [0.4, 0.5) is 0 Å². The fourth-order valence-electron chi connectivity index (χ4n) is 1.18. The first kappa shape index (κ1) is 11.8. The molecule has 84 valence electrons. The van der Waals surface area contributed by atoms with Crippen molar-refractivity contribution < 1.29 is 14.2 Å². The minimum absolute atomic E-state index is 0.108. The summed E-state index contributed by atoms with van der Waals surface area (Å²) in [6.45, 7) is 0.919. The summed E-state index contributed by atoms with van der Waals surface area (Å²) < 4.78 is 15.6. The zero-order chi connectivity index (χ0) is 11.1. The molecule has 1 unspecified atom stereocenters. The summed E-state index contributed by atoms with van der Waals surface area (Å²) in [4.78, 5) is 0. The topological polar surface area (TPSA) is 53.7 Å². The van der Waals surface area contributed by atoms with Gasteiger partial charge in [-0.05, 0) is 24.3 Å². The smallest absolute Gasteiger partial charge is 0.134 e. The Labute approximate surface area is 89.9 Å². The van der Waals surface area contributed by atoms with Crippen LogP contribution in [0.1, 0.15) is 0 Å². The van der Waals surface area contributed by atoms with E-state index >= 15 is 0 Å². The molecule has 0 amide bonds. The van der Waals surface area contributed by atoms with Crippen LogP contribution in [0.25, 0.3) is 0 Å². The zero-order valence-corrected chi connectivity index (χ0v) is 9.10. The van der Waals surface area contributed by atoms with Crippen molar-refractivity contribution in [3.05, 3.63) is 24.3 Å². The number of methoxy groups -OCH3 is 2. The molecule has 1 aromatic rings. The van der Waals surface area contributed by atoms with Crippen LogP contribution < -0.4 is 15.2 Å². The second-order valence-electron chi connectivity index (χ2n) is 3.11. The van der Waals surface area contributed by atoms with Crippen LogP contribution in [0.5, 0.6) is 11.5 Å². The highest BCUT2D eigenvalue weighted by molar-refractivity contribution is 5.31. The number of hydrogen-bond acceptors (Lipinski definition) is 4. The van der Waals surface area contributed by atoms with Crippen LogP contribution in [0, 0.1) is 0 Å². The number of rotatable bonds is 6. The molecular formula is C11H17NO3. The maximum atomic E-state index is 5.60. The number of ether oxygens (including phenoxy) is 3. The molecule has 0 saturated heterocycles. The number of nitrogens with two attached hydrogens (primary N) is 1. The Bertz CT molecular complexity index is 274. The van der Waals surface area contributed by atoms with Crippen LogP contribution in [0.15, 0.2) is 24.3 Å². The monoisotopic (exact) mass is 211 g/mol. The van der Waals surface area contributed by atoms with Gasteiger partial charge < -0.3 is 19.9 Å².